The van der Waals surface area contributed by atoms with Crippen LogP contribution in [0.25, 0.3) is 0 Å². The summed E-state index contributed by atoms with van der Waals surface area (Å²) in [6.07, 6.45) is 1.72. The largest absolute Gasteiger partial charge is 0.315 e. The third-order valence-corrected chi connectivity index (χ3v) is 4.85. The van der Waals surface area contributed by atoms with Crippen molar-refractivity contribution in [2.75, 3.05) is 13.1 Å². The van der Waals surface area contributed by atoms with Crippen LogP contribution >= 0.6 is 15.9 Å². The molecule has 5 heteroatoms. The molecular formula is C15H17BrN2O2. The third-order valence-electron chi connectivity index (χ3n) is 4.12. The number of benzene rings is 1. The van der Waals surface area contributed by atoms with E-state index < -0.39 is 0 Å². The summed E-state index contributed by atoms with van der Waals surface area (Å²) >= 11 is 3.51. The van der Waals surface area contributed by atoms with E-state index in [0.29, 0.717) is 12.8 Å². The molecule has 2 aliphatic rings. The first-order valence-corrected chi connectivity index (χ1v) is 7.76. The molecule has 0 bridgehead atoms. The zero-order chi connectivity index (χ0) is 14.1. The Hall–Kier alpha value is -1.20. The van der Waals surface area contributed by atoms with E-state index in [4.69, 9.17) is 0 Å². The molecule has 1 atom stereocenters. The highest BCUT2D eigenvalue weighted by atomic mass is 79.9. The van der Waals surface area contributed by atoms with Gasteiger partial charge < -0.3 is 5.32 Å². The van der Waals surface area contributed by atoms with E-state index in [1.165, 1.54) is 4.90 Å². The van der Waals surface area contributed by atoms with Gasteiger partial charge in [0.1, 0.15) is 0 Å². The minimum Gasteiger partial charge on any atom is -0.315 e. The van der Waals surface area contributed by atoms with Gasteiger partial charge in [0.25, 0.3) is 0 Å². The molecule has 4 nitrogen and oxygen atoms in total. The van der Waals surface area contributed by atoms with E-state index in [1.807, 2.05) is 24.3 Å². The number of hydrogen-bond donors (Lipinski definition) is 1. The van der Waals surface area contributed by atoms with Crippen molar-refractivity contribution in [2.24, 2.45) is 0 Å². The highest BCUT2D eigenvalue weighted by Crippen LogP contribution is 2.34. The van der Waals surface area contributed by atoms with Crippen molar-refractivity contribution in [2.45, 2.75) is 31.2 Å². The maximum atomic E-state index is 12.3. The summed E-state index contributed by atoms with van der Waals surface area (Å²) in [5.41, 5.74) is 1.05. The van der Waals surface area contributed by atoms with Gasteiger partial charge in [0.2, 0.25) is 11.8 Å². The van der Waals surface area contributed by atoms with Gasteiger partial charge in [-0.15, -0.1) is 0 Å². The number of imide groups is 1. The summed E-state index contributed by atoms with van der Waals surface area (Å²) < 4.78 is 0.974. The van der Waals surface area contributed by atoms with Crippen LogP contribution in [0.5, 0.6) is 0 Å². The average Bonchev–Trinajstić information content (AvgIpc) is 2.92. The van der Waals surface area contributed by atoms with Crippen LogP contribution in [0.1, 0.15) is 30.7 Å². The number of amides is 2. The molecule has 20 heavy (non-hydrogen) atoms. The van der Waals surface area contributed by atoms with E-state index in [2.05, 4.69) is 21.2 Å². The number of rotatable bonds is 2. The molecule has 0 saturated carbocycles. The molecule has 2 fully saturated rings. The number of carbonyl (C=O) groups is 2. The normalized spacial score (nSPS) is 24.4. The molecule has 0 radical (unpaired) electrons. The van der Waals surface area contributed by atoms with Gasteiger partial charge in [-0.25, -0.2) is 0 Å². The summed E-state index contributed by atoms with van der Waals surface area (Å²) in [6, 6.07) is 7.88. The Balaban J connectivity index is 1.79. The lowest BCUT2D eigenvalue weighted by atomic mass is 9.88. The van der Waals surface area contributed by atoms with Gasteiger partial charge in [0.05, 0.1) is 6.04 Å². The second kappa shape index (κ2) is 5.66. The third kappa shape index (κ3) is 2.52. The number of piperidine rings is 1. The number of nitrogens with zero attached hydrogens (tertiary/aromatic N) is 1. The maximum Gasteiger partial charge on any atom is 0.230 e. The number of nitrogens with one attached hydrogen (secondary N) is 1. The van der Waals surface area contributed by atoms with Gasteiger partial charge >= 0.3 is 0 Å². The Morgan fingerprint density at radius 3 is 2.45 bits per heavy atom. The predicted molar refractivity (Wildman–Crippen MR) is 79.2 cm³/mol. The smallest absolute Gasteiger partial charge is 0.230 e. The van der Waals surface area contributed by atoms with Gasteiger partial charge in [-0.3, -0.25) is 14.5 Å². The van der Waals surface area contributed by atoms with Gasteiger partial charge in [0.15, 0.2) is 0 Å². The van der Waals surface area contributed by atoms with Crippen LogP contribution in [0, 0.1) is 0 Å². The van der Waals surface area contributed by atoms with E-state index in [1.54, 1.807) is 0 Å². The first-order valence-electron chi connectivity index (χ1n) is 6.97. The molecule has 2 amide bonds. The van der Waals surface area contributed by atoms with Crippen molar-refractivity contribution in [1.82, 2.24) is 10.2 Å². The quantitative estimate of drug-likeness (QED) is 0.841. The van der Waals surface area contributed by atoms with Crippen molar-refractivity contribution < 1.29 is 9.59 Å². The standard InChI is InChI=1S/C15H17BrN2O2/c16-13-4-2-1-3-12(13)10-7-14(19)18(15(20)8-10)11-5-6-17-9-11/h1-4,10-11,17H,5-9H2. The lowest BCUT2D eigenvalue weighted by Crippen LogP contribution is -2.49. The van der Waals surface area contributed by atoms with E-state index in [-0.39, 0.29) is 23.8 Å². The number of likely N-dealkylation sites (tertiary alicyclic amines) is 1. The molecule has 1 N–H and O–H groups in total. The molecular weight excluding hydrogens is 320 g/mol. The number of halogens is 1. The second-order valence-corrected chi connectivity index (χ2v) is 6.29. The molecule has 2 saturated heterocycles. The second-order valence-electron chi connectivity index (χ2n) is 5.43. The molecule has 2 heterocycles. The van der Waals surface area contributed by atoms with Gasteiger partial charge in [0, 0.05) is 29.8 Å². The molecule has 3 rings (SSSR count). The average molecular weight is 337 g/mol. The van der Waals surface area contributed by atoms with Gasteiger partial charge in [-0.2, -0.15) is 0 Å². The van der Waals surface area contributed by atoms with Crippen LogP contribution in [-0.4, -0.2) is 35.8 Å². The number of hydrogen-bond acceptors (Lipinski definition) is 3. The molecule has 0 spiro atoms. The summed E-state index contributed by atoms with van der Waals surface area (Å²) in [6.45, 7) is 1.62. The fraction of sp³-hybridized carbons (Fsp3) is 0.467. The lowest BCUT2D eigenvalue weighted by molar-refractivity contribution is -0.151. The van der Waals surface area contributed by atoms with Crippen LogP contribution in [0.4, 0.5) is 0 Å². The highest BCUT2D eigenvalue weighted by molar-refractivity contribution is 9.10. The zero-order valence-corrected chi connectivity index (χ0v) is 12.7. The fourth-order valence-electron chi connectivity index (χ4n) is 3.12. The maximum absolute atomic E-state index is 12.3. The van der Waals surface area contributed by atoms with Gasteiger partial charge in [-0.1, -0.05) is 34.1 Å². The minimum atomic E-state index is -0.0318. The molecule has 0 aromatic heterocycles. The Labute approximate surface area is 126 Å². The van der Waals surface area contributed by atoms with Crippen molar-refractivity contribution in [1.29, 1.82) is 0 Å². The summed E-state index contributed by atoms with van der Waals surface area (Å²) in [5, 5.41) is 3.21. The monoisotopic (exact) mass is 336 g/mol. The Kier molecular flexibility index (Phi) is 3.89. The molecule has 1 aromatic carbocycles. The molecule has 2 aliphatic heterocycles. The Morgan fingerprint density at radius 1 is 1.15 bits per heavy atom. The van der Waals surface area contributed by atoms with E-state index in [0.717, 1.165) is 29.5 Å². The molecule has 0 aliphatic carbocycles. The highest BCUT2D eigenvalue weighted by Gasteiger charge is 2.38. The predicted octanol–water partition coefficient (Wildman–Crippen LogP) is 2.04. The first kappa shape index (κ1) is 13.8. The van der Waals surface area contributed by atoms with E-state index >= 15 is 0 Å². The van der Waals surface area contributed by atoms with Crippen molar-refractivity contribution in [3.63, 3.8) is 0 Å². The lowest BCUT2D eigenvalue weighted by Gasteiger charge is -2.34. The molecule has 106 valence electrons. The van der Waals surface area contributed by atoms with Crippen LogP contribution in [-0.2, 0) is 9.59 Å². The van der Waals surface area contributed by atoms with E-state index in [9.17, 15) is 9.59 Å². The van der Waals surface area contributed by atoms with Crippen LogP contribution in [0.15, 0.2) is 28.7 Å². The SMILES string of the molecule is O=C1CC(c2ccccc2Br)CC(=O)N1C1CCNC1. The van der Waals surface area contributed by atoms with Crippen LogP contribution in [0.2, 0.25) is 0 Å². The summed E-state index contributed by atoms with van der Waals surface area (Å²) in [7, 11) is 0. The first-order chi connectivity index (χ1) is 9.66. The Morgan fingerprint density at radius 2 is 1.85 bits per heavy atom. The van der Waals surface area contributed by atoms with Crippen molar-refractivity contribution in [3.05, 3.63) is 34.3 Å². The molecule has 1 aromatic rings. The Bertz CT molecular complexity index is 522. The minimum absolute atomic E-state index is 0.00353. The fourth-order valence-corrected chi connectivity index (χ4v) is 3.73. The number of carbonyl (C=O) groups excluding carboxylic acids is 2. The van der Waals surface area contributed by atoms with Crippen molar-refractivity contribution in [3.8, 4) is 0 Å². The van der Waals surface area contributed by atoms with Crippen molar-refractivity contribution >= 4 is 27.7 Å². The van der Waals surface area contributed by atoms with Crippen LogP contribution < -0.4 is 5.32 Å². The van der Waals surface area contributed by atoms with Gasteiger partial charge in [-0.05, 0) is 24.6 Å². The van der Waals surface area contributed by atoms with Crippen LogP contribution in [0.3, 0.4) is 0 Å². The topological polar surface area (TPSA) is 49.4 Å². The summed E-state index contributed by atoms with van der Waals surface area (Å²) in [5.74, 6) is -0.0670. The molecule has 1 unspecified atom stereocenters. The summed E-state index contributed by atoms with van der Waals surface area (Å²) in [4.78, 5) is 26.2. The zero-order valence-electron chi connectivity index (χ0n) is 11.1.